The van der Waals surface area contributed by atoms with E-state index in [0.29, 0.717) is 55.0 Å². The lowest BCUT2D eigenvalue weighted by atomic mass is 10.3. The average Bonchev–Trinajstić information content (AvgIpc) is 2.59. The Morgan fingerprint density at radius 2 is 2.08 bits per heavy atom. The molecule has 142 valence electrons. The second kappa shape index (κ2) is 10.9. The third kappa shape index (κ3) is 6.35. The van der Waals surface area contributed by atoms with Crippen molar-refractivity contribution in [1.82, 2.24) is 20.2 Å². The van der Waals surface area contributed by atoms with Crippen LogP contribution in [0.3, 0.4) is 0 Å². The molecule has 0 aliphatic carbocycles. The first-order chi connectivity index (χ1) is 11.5. The van der Waals surface area contributed by atoms with E-state index in [1.54, 1.807) is 13.3 Å². The number of piperazine rings is 1. The number of halogens is 4. The van der Waals surface area contributed by atoms with E-state index in [1.807, 2.05) is 16.7 Å². The van der Waals surface area contributed by atoms with Crippen molar-refractivity contribution in [3.05, 3.63) is 10.7 Å². The Hall–Kier alpha value is -0.980. The molecule has 0 saturated carbocycles. The van der Waals surface area contributed by atoms with Crippen LogP contribution in [-0.4, -0.2) is 73.6 Å². The van der Waals surface area contributed by atoms with E-state index < -0.39 is 13.0 Å². The fourth-order valence-corrected chi connectivity index (χ4v) is 2.69. The van der Waals surface area contributed by atoms with Gasteiger partial charge in [0.2, 0.25) is 11.8 Å². The monoisotopic (exact) mass is 534 g/mol. The molecular formula is C14H22BrF2IN6O. The SMILES string of the molecule is CCNC(=NCC(F)F)N1CCN(c2ncc(Br)c(OC)n2)CC1.I. The minimum absolute atomic E-state index is 0. The number of alkyl halides is 2. The third-order valence-corrected chi connectivity index (χ3v) is 4.01. The molecular weight excluding hydrogens is 513 g/mol. The summed E-state index contributed by atoms with van der Waals surface area (Å²) < 4.78 is 30.7. The number of anilines is 1. The van der Waals surface area contributed by atoms with E-state index in [9.17, 15) is 8.78 Å². The predicted octanol–water partition coefficient (Wildman–Crippen LogP) is 2.22. The van der Waals surface area contributed by atoms with Gasteiger partial charge in [0.15, 0.2) is 5.96 Å². The summed E-state index contributed by atoms with van der Waals surface area (Å²) in [6.07, 6.45) is -0.787. The van der Waals surface area contributed by atoms with Gasteiger partial charge in [-0.3, -0.25) is 0 Å². The molecule has 0 aromatic carbocycles. The first-order valence-electron chi connectivity index (χ1n) is 7.68. The number of rotatable bonds is 5. The van der Waals surface area contributed by atoms with E-state index >= 15 is 0 Å². The molecule has 7 nitrogen and oxygen atoms in total. The van der Waals surface area contributed by atoms with Crippen molar-refractivity contribution in [3.63, 3.8) is 0 Å². The molecule has 0 radical (unpaired) electrons. The van der Waals surface area contributed by atoms with Crippen molar-refractivity contribution in [1.29, 1.82) is 0 Å². The van der Waals surface area contributed by atoms with Gasteiger partial charge in [0.05, 0.1) is 17.8 Å². The molecule has 0 spiro atoms. The van der Waals surface area contributed by atoms with Crippen molar-refractivity contribution >= 4 is 51.8 Å². The Kier molecular flexibility index (Phi) is 9.61. The van der Waals surface area contributed by atoms with Gasteiger partial charge in [-0.05, 0) is 22.9 Å². The first kappa shape index (κ1) is 22.1. The minimum Gasteiger partial charge on any atom is -0.480 e. The lowest BCUT2D eigenvalue weighted by Crippen LogP contribution is -2.53. The molecule has 1 fully saturated rings. The number of nitrogens with zero attached hydrogens (tertiary/aromatic N) is 5. The van der Waals surface area contributed by atoms with Crippen LogP contribution in [0.25, 0.3) is 0 Å². The zero-order valence-corrected chi connectivity index (χ0v) is 18.0. The number of guanidine groups is 1. The number of hydrogen-bond donors (Lipinski definition) is 1. The highest BCUT2D eigenvalue weighted by Crippen LogP contribution is 2.23. The van der Waals surface area contributed by atoms with Gasteiger partial charge < -0.3 is 19.9 Å². The number of methoxy groups -OCH3 is 1. The van der Waals surface area contributed by atoms with Crippen LogP contribution in [0.2, 0.25) is 0 Å². The van der Waals surface area contributed by atoms with Crippen molar-refractivity contribution < 1.29 is 13.5 Å². The normalized spacial score (nSPS) is 15.2. The van der Waals surface area contributed by atoms with E-state index in [-0.39, 0.29) is 24.0 Å². The van der Waals surface area contributed by atoms with Gasteiger partial charge in [0, 0.05) is 32.7 Å². The maximum Gasteiger partial charge on any atom is 0.257 e. The summed E-state index contributed by atoms with van der Waals surface area (Å²) in [4.78, 5) is 16.6. The van der Waals surface area contributed by atoms with Crippen molar-refractivity contribution in [2.24, 2.45) is 4.99 Å². The van der Waals surface area contributed by atoms with Crippen LogP contribution >= 0.6 is 39.9 Å². The molecule has 0 bridgehead atoms. The zero-order valence-electron chi connectivity index (χ0n) is 14.1. The summed E-state index contributed by atoms with van der Waals surface area (Å²) >= 11 is 3.33. The quantitative estimate of drug-likeness (QED) is 0.355. The maximum atomic E-state index is 12.4. The van der Waals surface area contributed by atoms with Crippen LogP contribution in [0.4, 0.5) is 14.7 Å². The molecule has 1 N–H and O–H groups in total. The third-order valence-electron chi connectivity index (χ3n) is 3.47. The van der Waals surface area contributed by atoms with Crippen molar-refractivity contribution in [3.8, 4) is 5.88 Å². The molecule has 1 aliphatic rings. The van der Waals surface area contributed by atoms with E-state index in [1.165, 1.54) is 0 Å². The van der Waals surface area contributed by atoms with Gasteiger partial charge in [-0.2, -0.15) is 4.98 Å². The smallest absolute Gasteiger partial charge is 0.257 e. The number of aromatic nitrogens is 2. The fraction of sp³-hybridized carbons (Fsp3) is 0.643. The van der Waals surface area contributed by atoms with Gasteiger partial charge >= 0.3 is 0 Å². The zero-order chi connectivity index (χ0) is 17.5. The summed E-state index contributed by atoms with van der Waals surface area (Å²) in [5, 5.41) is 3.05. The first-order valence-corrected chi connectivity index (χ1v) is 8.47. The fourth-order valence-electron chi connectivity index (χ4n) is 2.34. The molecule has 11 heteroatoms. The maximum absolute atomic E-state index is 12.4. The lowest BCUT2D eigenvalue weighted by molar-refractivity contribution is 0.158. The summed E-state index contributed by atoms with van der Waals surface area (Å²) in [5.74, 6) is 1.59. The van der Waals surface area contributed by atoms with E-state index in [0.717, 1.165) is 0 Å². The van der Waals surface area contributed by atoms with Crippen LogP contribution < -0.4 is 15.0 Å². The Balaban J connectivity index is 0.00000312. The summed E-state index contributed by atoms with van der Waals surface area (Å²) in [6.45, 7) is 4.70. The number of ether oxygens (including phenoxy) is 1. The lowest BCUT2D eigenvalue weighted by Gasteiger charge is -2.36. The second-order valence-electron chi connectivity index (χ2n) is 5.09. The molecule has 0 unspecified atom stereocenters. The standard InChI is InChI=1S/C14H21BrF2N6O.HI/c1-3-18-13(20-9-11(16)17)22-4-6-23(7-5-22)14-19-8-10(15)12(21-14)24-2;/h8,11H,3-7,9H2,1-2H3,(H,18,20);1H. The number of nitrogens with one attached hydrogen (secondary N) is 1. The van der Waals surface area contributed by atoms with Crippen LogP contribution in [-0.2, 0) is 0 Å². The van der Waals surface area contributed by atoms with Crippen LogP contribution in [0.1, 0.15) is 6.92 Å². The van der Waals surface area contributed by atoms with Crippen LogP contribution in [0.15, 0.2) is 15.7 Å². The van der Waals surface area contributed by atoms with Gasteiger partial charge in [-0.15, -0.1) is 24.0 Å². The largest absolute Gasteiger partial charge is 0.480 e. The summed E-state index contributed by atoms with van der Waals surface area (Å²) in [7, 11) is 1.55. The van der Waals surface area contributed by atoms with Crippen LogP contribution in [0.5, 0.6) is 5.88 Å². The molecule has 2 rings (SSSR count). The van der Waals surface area contributed by atoms with Gasteiger partial charge in [-0.1, -0.05) is 0 Å². The molecule has 1 aliphatic heterocycles. The molecule has 1 saturated heterocycles. The molecule has 25 heavy (non-hydrogen) atoms. The molecule has 0 amide bonds. The van der Waals surface area contributed by atoms with Crippen molar-refractivity contribution in [2.75, 3.05) is 51.3 Å². The number of aliphatic imine (C=N–C) groups is 1. The molecule has 2 heterocycles. The van der Waals surface area contributed by atoms with E-state index in [2.05, 4.69) is 36.2 Å². The van der Waals surface area contributed by atoms with Gasteiger partial charge in [0.25, 0.3) is 6.43 Å². The highest BCUT2D eigenvalue weighted by molar-refractivity contribution is 14.0. The van der Waals surface area contributed by atoms with Crippen molar-refractivity contribution in [2.45, 2.75) is 13.3 Å². The van der Waals surface area contributed by atoms with Gasteiger partial charge in [-0.25, -0.2) is 18.8 Å². The molecule has 0 atom stereocenters. The Bertz CT molecular complexity index is 572. The minimum atomic E-state index is -2.44. The topological polar surface area (TPSA) is 65.9 Å². The van der Waals surface area contributed by atoms with Crippen LogP contribution in [0, 0.1) is 0 Å². The number of hydrogen-bond acceptors (Lipinski definition) is 5. The van der Waals surface area contributed by atoms with E-state index in [4.69, 9.17) is 4.74 Å². The Morgan fingerprint density at radius 3 is 2.64 bits per heavy atom. The Morgan fingerprint density at radius 1 is 1.40 bits per heavy atom. The Labute approximate surface area is 171 Å². The highest BCUT2D eigenvalue weighted by Gasteiger charge is 2.22. The molecule has 1 aromatic heterocycles. The van der Waals surface area contributed by atoms with Gasteiger partial charge in [0.1, 0.15) is 6.54 Å². The predicted molar refractivity (Wildman–Crippen MR) is 107 cm³/mol. The summed E-state index contributed by atoms with van der Waals surface area (Å²) in [5.41, 5.74) is 0. The molecule has 1 aromatic rings. The summed E-state index contributed by atoms with van der Waals surface area (Å²) in [6, 6.07) is 0. The highest BCUT2D eigenvalue weighted by atomic mass is 127. The average molecular weight is 535 g/mol. The second-order valence-corrected chi connectivity index (χ2v) is 5.94.